The van der Waals surface area contributed by atoms with Gasteiger partial charge in [0.05, 0.1) is 21.2 Å². The normalized spacial score (nSPS) is 12.6. The number of amides is 2. The quantitative estimate of drug-likeness (QED) is 0.168. The van der Waals surface area contributed by atoms with E-state index in [4.69, 9.17) is 0 Å². The number of thiophene rings is 1. The van der Waals surface area contributed by atoms with Crippen LogP contribution in [-0.4, -0.2) is 66.9 Å². The zero-order chi connectivity index (χ0) is 28.7. The molecule has 0 saturated heterocycles. The van der Waals surface area contributed by atoms with Crippen molar-refractivity contribution in [1.29, 1.82) is 0 Å². The van der Waals surface area contributed by atoms with Gasteiger partial charge in [-0.15, -0.1) is 11.3 Å². The van der Waals surface area contributed by atoms with Crippen LogP contribution in [0.2, 0.25) is 0 Å². The van der Waals surface area contributed by atoms with Gasteiger partial charge in [-0.25, -0.2) is 8.42 Å². The predicted molar refractivity (Wildman–Crippen MR) is 143 cm³/mol. The number of hydrogen-bond donors (Lipinski definition) is 5. The number of aliphatic carboxylic acids is 1. The summed E-state index contributed by atoms with van der Waals surface area (Å²) in [4.78, 5) is 41.3. The average molecular weight is 576 g/mol. The molecule has 5 N–H and O–H groups in total. The first-order valence-electron chi connectivity index (χ1n) is 11.8. The molecule has 0 aliphatic heterocycles. The number of carbonyl (C=O) groups excluding carboxylic acids is 2. The summed E-state index contributed by atoms with van der Waals surface area (Å²) in [5.41, 5.74) is 2.15. The van der Waals surface area contributed by atoms with Crippen LogP contribution < -0.4 is 20.8 Å². The molecule has 3 aromatic rings. The molecule has 2 heterocycles. The van der Waals surface area contributed by atoms with Crippen molar-refractivity contribution in [1.82, 2.24) is 20.1 Å². The molecule has 39 heavy (non-hydrogen) atoms. The highest BCUT2D eigenvalue weighted by Crippen LogP contribution is 2.22. The first-order valence-corrected chi connectivity index (χ1v) is 14.1. The number of pyridine rings is 1. The van der Waals surface area contributed by atoms with Gasteiger partial charge in [-0.3, -0.25) is 19.4 Å². The number of rotatable bonds is 11. The molecule has 0 aliphatic rings. The van der Waals surface area contributed by atoms with Crippen LogP contribution in [0.15, 0.2) is 58.5 Å². The average Bonchev–Trinajstić information content (AvgIpc) is 3.35. The molecule has 0 saturated carbocycles. The monoisotopic (exact) mass is 575 g/mol. The molecule has 0 spiro atoms. The molecular weight excluding hydrogens is 546 g/mol. The van der Waals surface area contributed by atoms with Gasteiger partial charge >= 0.3 is 5.97 Å². The zero-order valence-electron chi connectivity index (χ0n) is 21.5. The zero-order valence-corrected chi connectivity index (χ0v) is 23.1. The van der Waals surface area contributed by atoms with Gasteiger partial charge in [-0.05, 0) is 56.2 Å². The van der Waals surface area contributed by atoms with Crippen LogP contribution in [0.5, 0.6) is 0 Å². The van der Waals surface area contributed by atoms with Crippen molar-refractivity contribution in [3.05, 3.63) is 80.6 Å². The van der Waals surface area contributed by atoms with Crippen molar-refractivity contribution in [2.24, 2.45) is 4.99 Å². The van der Waals surface area contributed by atoms with E-state index in [0.29, 0.717) is 16.6 Å². The summed E-state index contributed by atoms with van der Waals surface area (Å²) in [5.74, 6) is -2.54. The van der Waals surface area contributed by atoms with Crippen LogP contribution in [-0.2, 0) is 14.8 Å². The molecule has 1 atom stereocenters. The maximum atomic E-state index is 12.9. The number of aromatic nitrogens is 1. The largest absolute Gasteiger partial charge is 0.480 e. The summed E-state index contributed by atoms with van der Waals surface area (Å²) < 4.78 is 28.9. The van der Waals surface area contributed by atoms with Crippen LogP contribution in [0.3, 0.4) is 0 Å². The van der Waals surface area contributed by atoms with Gasteiger partial charge in [0.25, 0.3) is 11.8 Å². The number of benzene rings is 1. The number of carboxylic acids is 1. The summed E-state index contributed by atoms with van der Waals surface area (Å²) >= 11 is 0.896. The number of sulfonamides is 1. The van der Waals surface area contributed by atoms with Crippen molar-refractivity contribution in [2.75, 3.05) is 19.6 Å². The summed E-state index contributed by atoms with van der Waals surface area (Å²) in [5, 5.41) is 24.3. The minimum absolute atomic E-state index is 0.00767. The lowest BCUT2D eigenvalue weighted by atomic mass is 10.1. The fourth-order valence-corrected chi connectivity index (χ4v) is 6.34. The van der Waals surface area contributed by atoms with Crippen molar-refractivity contribution >= 4 is 39.1 Å². The molecule has 1 aromatic carbocycles. The van der Waals surface area contributed by atoms with E-state index in [-0.39, 0.29) is 27.7 Å². The number of carbonyl (C=O) groups is 3. The first-order chi connectivity index (χ1) is 18.4. The van der Waals surface area contributed by atoms with E-state index in [0.717, 1.165) is 21.6 Å². The smallest absolute Gasteiger partial charge is 0.323 e. The molecule has 208 valence electrons. The molecule has 0 fully saturated rings. The third kappa shape index (κ3) is 7.75. The maximum absolute atomic E-state index is 12.9. The first kappa shape index (κ1) is 29.5. The molecule has 12 nitrogen and oxygen atoms in total. The second-order valence-corrected chi connectivity index (χ2v) is 11.4. The Bertz CT molecular complexity index is 1540. The molecular formula is C25H29N5O7S2. The SMILES string of the molecule is Cc1cc(C)c(S(=O)(=O)NC(CNC(=O)c2ccc(C(=O)NCCN=c3ccccn3O)s2)C(=O)O)c(C)c1. The van der Waals surface area contributed by atoms with E-state index in [9.17, 15) is 33.1 Å². The molecule has 2 aromatic heterocycles. The van der Waals surface area contributed by atoms with E-state index >= 15 is 0 Å². The molecule has 2 amide bonds. The minimum Gasteiger partial charge on any atom is -0.480 e. The molecule has 3 rings (SSSR count). The van der Waals surface area contributed by atoms with E-state index < -0.39 is 40.4 Å². The van der Waals surface area contributed by atoms with E-state index in [2.05, 4.69) is 20.3 Å². The summed E-state index contributed by atoms with van der Waals surface area (Å²) in [6.07, 6.45) is 1.43. The van der Waals surface area contributed by atoms with Crippen LogP contribution >= 0.6 is 11.3 Å². The van der Waals surface area contributed by atoms with Crippen molar-refractivity contribution in [2.45, 2.75) is 31.7 Å². The van der Waals surface area contributed by atoms with Crippen LogP contribution in [0.1, 0.15) is 36.0 Å². The van der Waals surface area contributed by atoms with Gasteiger partial charge in [0.1, 0.15) is 6.04 Å². The third-order valence-corrected chi connectivity index (χ3v) is 8.34. The highest BCUT2D eigenvalue weighted by molar-refractivity contribution is 7.89. The second kappa shape index (κ2) is 12.7. The number of nitrogens with zero attached hydrogens (tertiary/aromatic N) is 2. The fraction of sp³-hybridized carbons (Fsp3) is 0.280. The van der Waals surface area contributed by atoms with Gasteiger partial charge in [0, 0.05) is 19.3 Å². The van der Waals surface area contributed by atoms with Crippen LogP contribution in [0.25, 0.3) is 0 Å². The Morgan fingerprint density at radius 1 is 1.00 bits per heavy atom. The Morgan fingerprint density at radius 3 is 2.21 bits per heavy atom. The van der Waals surface area contributed by atoms with E-state index in [1.54, 1.807) is 44.2 Å². The van der Waals surface area contributed by atoms with E-state index in [1.807, 2.05) is 6.92 Å². The standard InChI is InChI=1S/C25H29N5O7S2/c1-15-12-16(2)22(17(3)13-15)39(36,37)29-18(25(33)34)14-28-24(32)20-8-7-19(38-20)23(31)27-10-9-26-21-6-4-5-11-30(21)35/h4-8,11-13,18,29,35H,9-10,14H2,1-3H3,(H,27,31)(H,28,32)(H,33,34). The molecule has 14 heteroatoms. The number of nitrogens with one attached hydrogen (secondary N) is 3. The Morgan fingerprint density at radius 2 is 1.62 bits per heavy atom. The maximum Gasteiger partial charge on any atom is 0.323 e. The summed E-state index contributed by atoms with van der Waals surface area (Å²) in [7, 11) is -4.19. The van der Waals surface area contributed by atoms with Crippen LogP contribution in [0, 0.1) is 20.8 Å². The van der Waals surface area contributed by atoms with E-state index in [1.165, 1.54) is 18.3 Å². The topological polar surface area (TPSA) is 179 Å². The Kier molecular flexibility index (Phi) is 9.61. The van der Waals surface area contributed by atoms with Crippen LogP contribution in [0.4, 0.5) is 0 Å². The van der Waals surface area contributed by atoms with Gasteiger partial charge < -0.3 is 20.9 Å². The summed E-state index contributed by atoms with van der Waals surface area (Å²) in [6, 6.07) is 9.57. The van der Waals surface area contributed by atoms with Crippen molar-refractivity contribution in [3.8, 4) is 0 Å². The summed E-state index contributed by atoms with van der Waals surface area (Å²) in [6.45, 7) is 4.96. The highest BCUT2D eigenvalue weighted by atomic mass is 32.2. The highest BCUT2D eigenvalue weighted by Gasteiger charge is 2.28. The third-order valence-electron chi connectivity index (χ3n) is 5.48. The lowest BCUT2D eigenvalue weighted by Crippen LogP contribution is -2.48. The number of hydrogen-bond acceptors (Lipinski definition) is 8. The molecule has 0 aliphatic carbocycles. The van der Waals surface area contributed by atoms with Gasteiger partial charge in [0.15, 0.2) is 5.49 Å². The predicted octanol–water partition coefficient (Wildman–Crippen LogP) is 1.20. The molecule has 0 bridgehead atoms. The number of carboxylic acid groups (broad SMARTS) is 1. The van der Waals surface area contributed by atoms with Gasteiger partial charge in [-0.1, -0.05) is 23.8 Å². The lowest BCUT2D eigenvalue weighted by molar-refractivity contribution is -0.138. The second-order valence-electron chi connectivity index (χ2n) is 8.65. The Hall–Kier alpha value is -4.01. The molecule has 0 radical (unpaired) electrons. The van der Waals surface area contributed by atoms with Crippen molar-refractivity contribution < 1.29 is 33.1 Å². The Labute approximate surface area is 229 Å². The minimum atomic E-state index is -4.19. The Balaban J connectivity index is 1.58. The van der Waals surface area contributed by atoms with Crippen molar-refractivity contribution in [3.63, 3.8) is 0 Å². The lowest BCUT2D eigenvalue weighted by Gasteiger charge is -2.18. The fourth-order valence-electron chi connectivity index (χ4n) is 3.86. The van der Waals surface area contributed by atoms with Gasteiger partial charge in [-0.2, -0.15) is 9.45 Å². The molecule has 1 unspecified atom stereocenters. The van der Waals surface area contributed by atoms with Gasteiger partial charge in [0.2, 0.25) is 10.0 Å². The number of aryl methyl sites for hydroxylation is 3.